The number of unbranched alkanes of at least 4 members (excludes halogenated alkanes) is 13. The van der Waals surface area contributed by atoms with E-state index in [-0.39, 0.29) is 6.10 Å². The molecule has 0 aromatic rings. The van der Waals surface area contributed by atoms with E-state index in [2.05, 4.69) is 6.92 Å². The first-order chi connectivity index (χ1) is 13.9. The van der Waals surface area contributed by atoms with Gasteiger partial charge in [-0.15, -0.1) is 0 Å². The second-order valence-corrected chi connectivity index (χ2v) is 10.6. The SMILES string of the molecule is CCCCCCCC(O)CCCCCCCCCCCCC(CCC)S(=O)(=O)O. The zero-order valence-corrected chi connectivity index (χ0v) is 20.2. The van der Waals surface area contributed by atoms with Crippen LogP contribution in [0.15, 0.2) is 0 Å². The summed E-state index contributed by atoms with van der Waals surface area (Å²) in [7, 11) is -3.87. The first-order valence-corrected chi connectivity index (χ1v) is 14.1. The molecule has 0 fully saturated rings. The molecule has 0 radical (unpaired) electrons. The van der Waals surface area contributed by atoms with Crippen molar-refractivity contribution in [3.8, 4) is 0 Å². The summed E-state index contributed by atoms with van der Waals surface area (Å²) in [6.45, 7) is 4.18. The number of rotatable bonds is 22. The molecule has 0 aliphatic heterocycles. The molecule has 5 heteroatoms. The third-order valence-electron chi connectivity index (χ3n) is 5.99. The maximum Gasteiger partial charge on any atom is 0.267 e. The van der Waals surface area contributed by atoms with Gasteiger partial charge < -0.3 is 5.11 Å². The van der Waals surface area contributed by atoms with E-state index in [4.69, 9.17) is 0 Å². The van der Waals surface area contributed by atoms with E-state index < -0.39 is 15.4 Å². The standard InChI is InChI=1S/C24H50O4S/c1-3-5-6-13-16-20-23(25)21-17-14-11-9-7-8-10-12-15-18-22-24(19-4-2)29(26,27)28/h23-25H,3-22H2,1-2H3,(H,26,27,28). The van der Waals surface area contributed by atoms with E-state index in [9.17, 15) is 18.1 Å². The predicted octanol–water partition coefficient (Wildman–Crippen LogP) is 7.45. The van der Waals surface area contributed by atoms with Gasteiger partial charge in [0.2, 0.25) is 0 Å². The molecule has 0 rings (SSSR count). The number of aliphatic hydroxyl groups is 1. The summed E-state index contributed by atoms with van der Waals surface area (Å²) in [6, 6.07) is 0. The van der Waals surface area contributed by atoms with Gasteiger partial charge >= 0.3 is 0 Å². The van der Waals surface area contributed by atoms with Gasteiger partial charge in [0, 0.05) is 0 Å². The van der Waals surface area contributed by atoms with Crippen molar-refractivity contribution < 1.29 is 18.1 Å². The lowest BCUT2D eigenvalue weighted by Crippen LogP contribution is -2.20. The summed E-state index contributed by atoms with van der Waals surface area (Å²) in [5.74, 6) is 0. The highest BCUT2D eigenvalue weighted by Gasteiger charge is 2.20. The third kappa shape index (κ3) is 19.6. The third-order valence-corrected chi connectivity index (χ3v) is 7.30. The summed E-state index contributed by atoms with van der Waals surface area (Å²) >= 11 is 0. The Labute approximate surface area is 182 Å². The van der Waals surface area contributed by atoms with Crippen molar-refractivity contribution in [1.82, 2.24) is 0 Å². The van der Waals surface area contributed by atoms with Crippen LogP contribution in [0.1, 0.15) is 142 Å². The van der Waals surface area contributed by atoms with Crippen LogP contribution in [0.5, 0.6) is 0 Å². The highest BCUT2D eigenvalue weighted by atomic mass is 32.2. The molecule has 0 aromatic heterocycles. The van der Waals surface area contributed by atoms with Crippen LogP contribution in [0.2, 0.25) is 0 Å². The van der Waals surface area contributed by atoms with Gasteiger partial charge in [-0.05, 0) is 25.7 Å². The summed E-state index contributed by atoms with van der Waals surface area (Å²) < 4.78 is 31.8. The molecule has 2 unspecified atom stereocenters. The molecule has 4 nitrogen and oxygen atoms in total. The molecule has 0 aliphatic rings. The fraction of sp³-hybridized carbons (Fsp3) is 1.00. The van der Waals surface area contributed by atoms with Gasteiger partial charge in [-0.1, -0.05) is 117 Å². The maximum absolute atomic E-state index is 11.3. The monoisotopic (exact) mass is 434 g/mol. The Bertz CT molecular complexity index is 436. The lowest BCUT2D eigenvalue weighted by Gasteiger charge is -2.12. The number of aliphatic hydroxyl groups excluding tert-OH is 1. The Morgan fingerprint density at radius 2 is 0.931 bits per heavy atom. The molecule has 0 saturated heterocycles. The zero-order chi connectivity index (χ0) is 21.8. The number of hydrogen-bond acceptors (Lipinski definition) is 3. The van der Waals surface area contributed by atoms with E-state index in [1.165, 1.54) is 70.6 Å². The van der Waals surface area contributed by atoms with Crippen LogP contribution in [0.4, 0.5) is 0 Å². The summed E-state index contributed by atoms with van der Waals surface area (Å²) in [6.07, 6.45) is 22.0. The van der Waals surface area contributed by atoms with Crippen molar-refractivity contribution in [2.45, 2.75) is 154 Å². The summed E-state index contributed by atoms with van der Waals surface area (Å²) in [5, 5.41) is 9.45. The lowest BCUT2D eigenvalue weighted by atomic mass is 10.0. The van der Waals surface area contributed by atoms with Crippen molar-refractivity contribution in [1.29, 1.82) is 0 Å². The second kappa shape index (κ2) is 19.8. The maximum atomic E-state index is 11.3. The van der Waals surface area contributed by atoms with Crippen LogP contribution in [0.25, 0.3) is 0 Å². The molecule has 0 spiro atoms. The van der Waals surface area contributed by atoms with Crippen molar-refractivity contribution >= 4 is 10.1 Å². The second-order valence-electron chi connectivity index (χ2n) is 8.90. The van der Waals surface area contributed by atoms with Gasteiger partial charge in [-0.25, -0.2) is 0 Å². The van der Waals surface area contributed by atoms with E-state index >= 15 is 0 Å². The lowest BCUT2D eigenvalue weighted by molar-refractivity contribution is 0.147. The molecule has 0 saturated carbocycles. The molecule has 0 amide bonds. The molecular weight excluding hydrogens is 384 g/mol. The van der Waals surface area contributed by atoms with Gasteiger partial charge in [0.25, 0.3) is 10.1 Å². The average Bonchev–Trinajstić information content (AvgIpc) is 2.67. The Hall–Kier alpha value is -0.130. The minimum Gasteiger partial charge on any atom is -0.393 e. The van der Waals surface area contributed by atoms with Crippen molar-refractivity contribution in [2.75, 3.05) is 0 Å². The summed E-state index contributed by atoms with van der Waals surface area (Å²) in [5.41, 5.74) is 0. The molecule has 0 aromatic carbocycles. The highest BCUT2D eigenvalue weighted by molar-refractivity contribution is 7.86. The van der Waals surface area contributed by atoms with E-state index in [0.717, 1.165) is 44.9 Å². The largest absolute Gasteiger partial charge is 0.393 e. The summed E-state index contributed by atoms with van der Waals surface area (Å²) in [4.78, 5) is 0. The average molecular weight is 435 g/mol. The van der Waals surface area contributed by atoms with E-state index in [1.54, 1.807) is 0 Å². The Kier molecular flexibility index (Phi) is 19.7. The van der Waals surface area contributed by atoms with Gasteiger partial charge in [-0.3, -0.25) is 4.55 Å². The Morgan fingerprint density at radius 1 is 0.552 bits per heavy atom. The fourth-order valence-corrected chi connectivity index (χ4v) is 5.06. The molecule has 29 heavy (non-hydrogen) atoms. The Balaban J connectivity index is 3.37. The van der Waals surface area contributed by atoms with Crippen molar-refractivity contribution in [3.05, 3.63) is 0 Å². The minimum absolute atomic E-state index is 0.0885. The Morgan fingerprint density at radius 3 is 1.31 bits per heavy atom. The smallest absolute Gasteiger partial charge is 0.267 e. The topological polar surface area (TPSA) is 74.6 Å². The fourth-order valence-electron chi connectivity index (χ4n) is 4.06. The highest BCUT2D eigenvalue weighted by Crippen LogP contribution is 2.18. The predicted molar refractivity (Wildman–Crippen MR) is 125 cm³/mol. The quantitative estimate of drug-likeness (QED) is 0.137. The van der Waals surface area contributed by atoms with Crippen LogP contribution in [-0.4, -0.2) is 29.4 Å². The molecule has 0 aliphatic carbocycles. The molecule has 2 N–H and O–H groups in total. The van der Waals surface area contributed by atoms with Gasteiger partial charge in [0.15, 0.2) is 0 Å². The number of hydrogen-bond donors (Lipinski definition) is 2. The molecular formula is C24H50O4S. The molecule has 2 atom stereocenters. The van der Waals surface area contributed by atoms with Crippen LogP contribution in [0.3, 0.4) is 0 Å². The van der Waals surface area contributed by atoms with Gasteiger partial charge in [0.1, 0.15) is 0 Å². The molecule has 0 bridgehead atoms. The van der Waals surface area contributed by atoms with Crippen LogP contribution in [-0.2, 0) is 10.1 Å². The molecule has 176 valence electrons. The van der Waals surface area contributed by atoms with Crippen LogP contribution in [0, 0.1) is 0 Å². The normalized spacial score (nSPS) is 14.2. The molecule has 0 heterocycles. The van der Waals surface area contributed by atoms with Gasteiger partial charge in [-0.2, -0.15) is 8.42 Å². The van der Waals surface area contributed by atoms with Crippen LogP contribution >= 0.6 is 0 Å². The van der Waals surface area contributed by atoms with E-state index in [1.807, 2.05) is 6.92 Å². The zero-order valence-electron chi connectivity index (χ0n) is 19.4. The van der Waals surface area contributed by atoms with Crippen LogP contribution < -0.4 is 0 Å². The van der Waals surface area contributed by atoms with Crippen molar-refractivity contribution in [2.24, 2.45) is 0 Å². The first-order valence-electron chi connectivity index (χ1n) is 12.6. The first kappa shape index (κ1) is 28.9. The van der Waals surface area contributed by atoms with Gasteiger partial charge in [0.05, 0.1) is 11.4 Å². The van der Waals surface area contributed by atoms with E-state index in [0.29, 0.717) is 12.8 Å². The van der Waals surface area contributed by atoms with Crippen molar-refractivity contribution in [3.63, 3.8) is 0 Å². The minimum atomic E-state index is -3.87.